The molecule has 0 spiro atoms. The van der Waals surface area contributed by atoms with Gasteiger partial charge in [-0.3, -0.25) is 0 Å². The van der Waals surface area contributed by atoms with Crippen molar-refractivity contribution in [1.82, 2.24) is 0 Å². The number of benzene rings is 2. The summed E-state index contributed by atoms with van der Waals surface area (Å²) in [5.74, 6) is -3.54. The molecule has 2 aromatic rings. The lowest BCUT2D eigenvalue weighted by Crippen LogP contribution is -2.40. The summed E-state index contributed by atoms with van der Waals surface area (Å²) in [4.78, 5) is 10.8. The first-order valence-electron chi connectivity index (χ1n) is 7.21. The van der Waals surface area contributed by atoms with Gasteiger partial charge in [0.2, 0.25) is 6.10 Å². The van der Waals surface area contributed by atoms with Gasteiger partial charge >= 0.3 is 12.1 Å². The second kappa shape index (κ2) is 8.24. The van der Waals surface area contributed by atoms with Crippen LogP contribution < -0.4 is 4.74 Å². The Bertz CT molecular complexity index is 944. The molecule has 1 unspecified atom stereocenters. The summed E-state index contributed by atoms with van der Waals surface area (Å²) in [6.07, 6.45) is -6.85. The van der Waals surface area contributed by atoms with Crippen LogP contribution in [-0.2, 0) is 4.79 Å². The molecule has 28 heavy (non-hydrogen) atoms. The van der Waals surface area contributed by atoms with E-state index in [9.17, 15) is 26.7 Å². The van der Waals surface area contributed by atoms with Crippen LogP contribution in [-0.4, -0.2) is 28.5 Å². The standard InChI is InChI=1S/C11H5ClF4O3.C6H4ClFO/c12-7-3-5(13)1-4-2-6(10(17)18)9(11(14,15)16)19-8(4)7;7-5-3-4(8)1-2-6(5)9/h1-3,9H,(H,17,18);1-3,9H. The van der Waals surface area contributed by atoms with E-state index in [0.29, 0.717) is 6.08 Å². The largest absolute Gasteiger partial charge is 0.506 e. The highest BCUT2D eigenvalue weighted by Crippen LogP contribution is 2.41. The Hall–Kier alpha value is -2.52. The lowest BCUT2D eigenvalue weighted by atomic mass is 10.0. The number of phenols is 1. The molecule has 3 rings (SSSR count). The molecular weight excluding hydrogens is 434 g/mol. The summed E-state index contributed by atoms with van der Waals surface area (Å²) in [6, 6.07) is 5.03. The van der Waals surface area contributed by atoms with E-state index in [-0.39, 0.29) is 21.4 Å². The minimum atomic E-state index is -4.92. The van der Waals surface area contributed by atoms with E-state index in [1.165, 1.54) is 6.07 Å². The molecule has 0 aliphatic carbocycles. The number of halogens is 7. The second-order valence-corrected chi connectivity index (χ2v) is 6.16. The minimum absolute atomic E-state index is 0.0370. The molecule has 0 saturated carbocycles. The van der Waals surface area contributed by atoms with Crippen molar-refractivity contribution < 1.29 is 41.7 Å². The van der Waals surface area contributed by atoms with E-state index in [4.69, 9.17) is 33.4 Å². The van der Waals surface area contributed by atoms with Crippen molar-refractivity contribution in [2.45, 2.75) is 12.3 Å². The summed E-state index contributed by atoms with van der Waals surface area (Å²) in [5.41, 5.74) is -1.18. The maximum atomic E-state index is 13.1. The Balaban J connectivity index is 0.000000261. The van der Waals surface area contributed by atoms with Gasteiger partial charge < -0.3 is 14.9 Å². The number of alkyl halides is 3. The molecule has 150 valence electrons. The van der Waals surface area contributed by atoms with E-state index in [1.54, 1.807) is 0 Å². The maximum Gasteiger partial charge on any atom is 0.430 e. The van der Waals surface area contributed by atoms with Gasteiger partial charge in [0.05, 0.1) is 15.6 Å². The molecule has 2 aromatic carbocycles. The number of ether oxygens (including phenoxy) is 1. The van der Waals surface area contributed by atoms with E-state index in [1.807, 2.05) is 0 Å². The summed E-state index contributed by atoms with van der Waals surface area (Å²) < 4.78 is 67.9. The summed E-state index contributed by atoms with van der Waals surface area (Å²) in [5, 5.41) is 17.2. The number of rotatable bonds is 1. The number of hydrogen-bond donors (Lipinski definition) is 2. The fraction of sp³-hybridized carbons (Fsp3) is 0.118. The first-order chi connectivity index (χ1) is 12.9. The van der Waals surface area contributed by atoms with E-state index < -0.39 is 41.2 Å². The number of hydrogen-bond acceptors (Lipinski definition) is 3. The fourth-order valence-corrected chi connectivity index (χ4v) is 2.56. The molecule has 4 nitrogen and oxygen atoms in total. The molecule has 0 radical (unpaired) electrons. The zero-order valence-electron chi connectivity index (χ0n) is 13.4. The lowest BCUT2D eigenvalue weighted by Gasteiger charge is -2.27. The van der Waals surface area contributed by atoms with Gasteiger partial charge in [-0.2, -0.15) is 13.2 Å². The molecule has 0 saturated heterocycles. The van der Waals surface area contributed by atoms with Crippen molar-refractivity contribution in [2.24, 2.45) is 0 Å². The van der Waals surface area contributed by atoms with Gasteiger partial charge in [0.25, 0.3) is 0 Å². The van der Waals surface area contributed by atoms with Crippen molar-refractivity contribution in [3.05, 3.63) is 63.1 Å². The van der Waals surface area contributed by atoms with Gasteiger partial charge in [-0.05, 0) is 36.4 Å². The lowest BCUT2D eigenvalue weighted by molar-refractivity contribution is -0.187. The molecule has 2 N–H and O–H groups in total. The van der Waals surface area contributed by atoms with Crippen LogP contribution in [0.25, 0.3) is 6.08 Å². The van der Waals surface area contributed by atoms with Crippen LogP contribution in [0, 0.1) is 11.6 Å². The number of aliphatic carboxylic acids is 1. The quantitative estimate of drug-likeness (QED) is 0.575. The first kappa shape index (κ1) is 21.8. The van der Waals surface area contributed by atoms with E-state index >= 15 is 0 Å². The van der Waals surface area contributed by atoms with Crippen molar-refractivity contribution in [2.75, 3.05) is 0 Å². The Morgan fingerprint density at radius 1 is 1.04 bits per heavy atom. The van der Waals surface area contributed by atoms with Gasteiger partial charge in [0, 0.05) is 5.56 Å². The number of carboxylic acids is 1. The van der Waals surface area contributed by atoms with Gasteiger partial charge in [0.1, 0.15) is 23.1 Å². The number of fused-ring (bicyclic) bond motifs is 1. The van der Waals surface area contributed by atoms with Crippen LogP contribution in [0.15, 0.2) is 35.9 Å². The monoisotopic (exact) mass is 442 g/mol. The van der Waals surface area contributed by atoms with Crippen LogP contribution in [0.3, 0.4) is 0 Å². The van der Waals surface area contributed by atoms with Gasteiger partial charge in [-0.15, -0.1) is 0 Å². The molecule has 1 heterocycles. The molecule has 1 aliphatic rings. The third kappa shape index (κ3) is 5.05. The predicted molar refractivity (Wildman–Crippen MR) is 90.6 cm³/mol. The van der Waals surface area contributed by atoms with Gasteiger partial charge in [0.15, 0.2) is 0 Å². The number of phenolic OH excluding ortho intramolecular Hbond substituents is 1. The third-order valence-corrected chi connectivity index (χ3v) is 3.90. The number of aromatic hydroxyl groups is 1. The first-order valence-corrected chi connectivity index (χ1v) is 7.97. The average molecular weight is 443 g/mol. The molecule has 1 aliphatic heterocycles. The predicted octanol–water partition coefficient (Wildman–Crippen LogP) is 5.46. The summed E-state index contributed by atoms with van der Waals surface area (Å²) in [7, 11) is 0. The SMILES string of the molecule is O=C(O)C1=Cc2cc(F)cc(Cl)c2OC1C(F)(F)F.Oc1ccc(F)cc1Cl. The minimum Gasteiger partial charge on any atom is -0.506 e. The average Bonchev–Trinajstić information content (AvgIpc) is 2.57. The summed E-state index contributed by atoms with van der Waals surface area (Å²) >= 11 is 10.9. The van der Waals surface area contributed by atoms with Crippen molar-refractivity contribution in [1.29, 1.82) is 0 Å². The zero-order valence-corrected chi connectivity index (χ0v) is 14.9. The molecule has 0 amide bonds. The smallest absolute Gasteiger partial charge is 0.430 e. The molecule has 1 atom stereocenters. The second-order valence-electron chi connectivity index (χ2n) is 5.35. The van der Waals surface area contributed by atoms with Crippen LogP contribution >= 0.6 is 23.2 Å². The Kier molecular flexibility index (Phi) is 6.41. The molecular formula is C17H9Cl2F5O4. The highest BCUT2D eigenvalue weighted by molar-refractivity contribution is 6.32. The Labute approximate surface area is 164 Å². The van der Waals surface area contributed by atoms with Crippen LogP contribution in [0.1, 0.15) is 5.56 Å². The Morgan fingerprint density at radius 2 is 1.64 bits per heavy atom. The van der Waals surface area contributed by atoms with Crippen molar-refractivity contribution >= 4 is 35.2 Å². The fourth-order valence-electron chi connectivity index (χ4n) is 2.13. The van der Waals surface area contributed by atoms with Crippen LogP contribution in [0.2, 0.25) is 10.0 Å². The highest BCUT2D eigenvalue weighted by Gasteiger charge is 2.48. The van der Waals surface area contributed by atoms with E-state index in [2.05, 4.69) is 4.74 Å². The van der Waals surface area contributed by atoms with Crippen LogP contribution in [0.4, 0.5) is 22.0 Å². The van der Waals surface area contributed by atoms with Crippen molar-refractivity contribution in [3.63, 3.8) is 0 Å². The van der Waals surface area contributed by atoms with Crippen LogP contribution in [0.5, 0.6) is 11.5 Å². The van der Waals surface area contributed by atoms with Gasteiger partial charge in [-0.25, -0.2) is 13.6 Å². The van der Waals surface area contributed by atoms with E-state index in [0.717, 1.165) is 24.3 Å². The zero-order chi connectivity index (χ0) is 21.2. The maximum absolute atomic E-state index is 13.1. The third-order valence-electron chi connectivity index (χ3n) is 3.32. The van der Waals surface area contributed by atoms with Crippen molar-refractivity contribution in [3.8, 4) is 11.5 Å². The summed E-state index contributed by atoms with van der Waals surface area (Å²) in [6.45, 7) is 0. The van der Waals surface area contributed by atoms with Gasteiger partial charge in [-0.1, -0.05) is 23.2 Å². The molecule has 0 fully saturated rings. The molecule has 0 aromatic heterocycles. The topological polar surface area (TPSA) is 66.8 Å². The number of carboxylic acid groups (broad SMARTS) is 1. The normalized spacial score (nSPS) is 15.5. The Morgan fingerprint density at radius 3 is 2.14 bits per heavy atom. The number of carbonyl (C=O) groups is 1. The highest BCUT2D eigenvalue weighted by atomic mass is 35.5. The molecule has 0 bridgehead atoms. The molecule has 11 heteroatoms.